The molecule has 0 atom stereocenters. The second kappa shape index (κ2) is 7.93. The van der Waals surface area contributed by atoms with Crippen LogP contribution in [0.2, 0.25) is 5.02 Å². The average molecular weight is 435 g/mol. The topological polar surface area (TPSA) is 63.2 Å². The van der Waals surface area contributed by atoms with Crippen LogP contribution in [0.15, 0.2) is 46.9 Å². The number of anilines is 2. The normalized spacial score (nSPS) is 10.6. The number of rotatable bonds is 5. The highest BCUT2D eigenvalue weighted by Crippen LogP contribution is 2.28. The Morgan fingerprint density at radius 1 is 1.23 bits per heavy atom. The van der Waals surface area contributed by atoms with Gasteiger partial charge in [-0.2, -0.15) is 0 Å². The van der Waals surface area contributed by atoms with E-state index in [0.29, 0.717) is 23.0 Å². The summed E-state index contributed by atoms with van der Waals surface area (Å²) in [7, 11) is 1.57. The lowest BCUT2D eigenvalue weighted by Crippen LogP contribution is -2.08. The molecule has 0 saturated heterocycles. The zero-order valence-corrected chi connectivity index (χ0v) is 16.6. The molecule has 0 aliphatic rings. The van der Waals surface area contributed by atoms with E-state index in [1.54, 1.807) is 7.11 Å². The molecule has 0 saturated carbocycles. The molecular weight excluding hydrogens is 418 g/mol. The smallest absolute Gasteiger partial charge is 0.221 e. The molecule has 134 valence electrons. The lowest BCUT2D eigenvalue weighted by atomic mass is 10.1. The predicted molar refractivity (Wildman–Crippen MR) is 109 cm³/mol. The molecule has 0 fully saturated rings. The molecule has 1 aromatic heterocycles. The Balaban J connectivity index is 1.80. The van der Waals surface area contributed by atoms with Crippen molar-refractivity contribution < 1.29 is 9.53 Å². The highest BCUT2D eigenvalue weighted by molar-refractivity contribution is 9.10. The first kappa shape index (κ1) is 18.5. The van der Waals surface area contributed by atoms with Gasteiger partial charge in [-0.05, 0) is 42.0 Å². The van der Waals surface area contributed by atoms with Gasteiger partial charge in [0.2, 0.25) is 5.91 Å². The number of pyridine rings is 1. The van der Waals surface area contributed by atoms with Crippen LogP contribution in [0.1, 0.15) is 12.5 Å². The molecule has 0 spiro atoms. The fourth-order valence-electron chi connectivity index (χ4n) is 2.60. The molecule has 0 radical (unpaired) electrons. The van der Waals surface area contributed by atoms with Crippen molar-refractivity contribution in [1.82, 2.24) is 4.98 Å². The van der Waals surface area contributed by atoms with Crippen LogP contribution in [0.5, 0.6) is 5.75 Å². The SMILES string of the molecule is COc1ccc(CNc2ccc3cc(Br)cc(Cl)c3n2)cc1NC(C)=O. The summed E-state index contributed by atoms with van der Waals surface area (Å²) in [4.78, 5) is 15.9. The zero-order valence-electron chi connectivity index (χ0n) is 14.3. The van der Waals surface area contributed by atoms with Crippen LogP contribution in [0, 0.1) is 0 Å². The monoisotopic (exact) mass is 433 g/mol. The number of fused-ring (bicyclic) bond motifs is 1. The highest BCUT2D eigenvalue weighted by Gasteiger charge is 2.07. The highest BCUT2D eigenvalue weighted by atomic mass is 79.9. The van der Waals surface area contributed by atoms with Crippen molar-refractivity contribution >= 4 is 55.8 Å². The summed E-state index contributed by atoms with van der Waals surface area (Å²) >= 11 is 9.71. The molecule has 2 aromatic carbocycles. The number of nitrogens with zero attached hydrogens (tertiary/aromatic N) is 1. The number of methoxy groups -OCH3 is 1. The minimum atomic E-state index is -0.148. The number of ether oxygens (including phenoxy) is 1. The molecule has 3 rings (SSSR count). The van der Waals surface area contributed by atoms with Crippen LogP contribution in [0.25, 0.3) is 10.9 Å². The van der Waals surface area contributed by atoms with E-state index in [1.165, 1.54) is 6.92 Å². The van der Waals surface area contributed by atoms with Gasteiger partial charge < -0.3 is 15.4 Å². The van der Waals surface area contributed by atoms with Crippen LogP contribution in [0.4, 0.5) is 11.5 Å². The number of aromatic nitrogens is 1. The summed E-state index contributed by atoms with van der Waals surface area (Å²) < 4.78 is 6.19. The maximum absolute atomic E-state index is 11.3. The first-order chi connectivity index (χ1) is 12.5. The lowest BCUT2D eigenvalue weighted by Gasteiger charge is -2.12. The number of hydrogen-bond acceptors (Lipinski definition) is 4. The number of amides is 1. The third kappa shape index (κ3) is 4.26. The van der Waals surface area contributed by atoms with Gasteiger partial charge in [-0.15, -0.1) is 0 Å². The quantitative estimate of drug-likeness (QED) is 0.577. The summed E-state index contributed by atoms with van der Waals surface area (Å²) in [6.07, 6.45) is 0. The minimum absolute atomic E-state index is 0.148. The van der Waals surface area contributed by atoms with Crippen molar-refractivity contribution in [3.05, 3.63) is 57.5 Å². The standard InChI is InChI=1S/C19H17BrClN3O2/c1-11(25)23-16-7-12(3-5-17(16)26-2)10-22-18-6-4-13-8-14(20)9-15(21)19(13)24-18/h3-9H,10H2,1-2H3,(H,22,24)(H,23,25). The van der Waals surface area contributed by atoms with Gasteiger partial charge in [0.1, 0.15) is 11.6 Å². The molecule has 0 unspecified atom stereocenters. The Morgan fingerprint density at radius 2 is 2.04 bits per heavy atom. The molecule has 0 aliphatic carbocycles. The molecular formula is C19H17BrClN3O2. The Morgan fingerprint density at radius 3 is 2.77 bits per heavy atom. The van der Waals surface area contributed by atoms with Gasteiger partial charge in [-0.3, -0.25) is 4.79 Å². The zero-order chi connectivity index (χ0) is 18.7. The third-order valence-electron chi connectivity index (χ3n) is 3.76. The molecule has 3 aromatic rings. The van der Waals surface area contributed by atoms with E-state index in [9.17, 15) is 4.79 Å². The lowest BCUT2D eigenvalue weighted by molar-refractivity contribution is -0.114. The summed E-state index contributed by atoms with van der Waals surface area (Å²) in [5.74, 6) is 1.19. The van der Waals surface area contributed by atoms with Gasteiger partial charge in [0.05, 0.1) is 23.3 Å². The fraction of sp³-hybridized carbons (Fsp3) is 0.158. The maximum atomic E-state index is 11.3. The second-order valence-corrected chi connectivity index (χ2v) is 7.05. The summed E-state index contributed by atoms with van der Waals surface area (Å²) in [5, 5.41) is 7.61. The summed E-state index contributed by atoms with van der Waals surface area (Å²) in [6.45, 7) is 2.01. The van der Waals surface area contributed by atoms with Crippen LogP contribution >= 0.6 is 27.5 Å². The van der Waals surface area contributed by atoms with E-state index >= 15 is 0 Å². The molecule has 0 bridgehead atoms. The molecule has 0 aliphatic heterocycles. The van der Waals surface area contributed by atoms with Gasteiger partial charge in [0.25, 0.3) is 0 Å². The Hall–Kier alpha value is -2.31. The molecule has 26 heavy (non-hydrogen) atoms. The number of carbonyl (C=O) groups is 1. The van der Waals surface area contributed by atoms with E-state index in [4.69, 9.17) is 16.3 Å². The number of carbonyl (C=O) groups excluding carboxylic acids is 1. The van der Waals surface area contributed by atoms with Crippen LogP contribution in [-0.4, -0.2) is 18.0 Å². The fourth-order valence-corrected chi connectivity index (χ4v) is 3.48. The summed E-state index contributed by atoms with van der Waals surface area (Å²) in [5.41, 5.74) is 2.37. The van der Waals surface area contributed by atoms with Gasteiger partial charge in [0, 0.05) is 23.3 Å². The third-order valence-corrected chi connectivity index (χ3v) is 4.50. The number of halogens is 2. The largest absolute Gasteiger partial charge is 0.495 e. The minimum Gasteiger partial charge on any atom is -0.495 e. The first-order valence-electron chi connectivity index (χ1n) is 7.90. The Kier molecular flexibility index (Phi) is 5.64. The molecule has 5 nitrogen and oxygen atoms in total. The van der Waals surface area contributed by atoms with E-state index in [1.807, 2.05) is 42.5 Å². The van der Waals surface area contributed by atoms with E-state index in [2.05, 4.69) is 31.5 Å². The maximum Gasteiger partial charge on any atom is 0.221 e. The van der Waals surface area contributed by atoms with Crippen LogP contribution in [0.3, 0.4) is 0 Å². The predicted octanol–water partition coefficient (Wildman–Crippen LogP) is 5.23. The molecule has 1 amide bonds. The van der Waals surface area contributed by atoms with Crippen LogP contribution < -0.4 is 15.4 Å². The van der Waals surface area contributed by atoms with Crippen molar-refractivity contribution in [2.45, 2.75) is 13.5 Å². The molecule has 2 N–H and O–H groups in total. The average Bonchev–Trinajstić information content (AvgIpc) is 2.59. The van der Waals surface area contributed by atoms with Gasteiger partial charge >= 0.3 is 0 Å². The second-order valence-electron chi connectivity index (χ2n) is 5.73. The molecule has 1 heterocycles. The van der Waals surface area contributed by atoms with E-state index < -0.39 is 0 Å². The van der Waals surface area contributed by atoms with Crippen molar-refractivity contribution in [1.29, 1.82) is 0 Å². The van der Waals surface area contributed by atoms with E-state index in [0.717, 1.165) is 26.8 Å². The number of benzene rings is 2. The molecule has 7 heteroatoms. The number of hydrogen-bond donors (Lipinski definition) is 2. The van der Waals surface area contributed by atoms with Crippen LogP contribution in [-0.2, 0) is 11.3 Å². The van der Waals surface area contributed by atoms with Gasteiger partial charge in [-0.25, -0.2) is 4.98 Å². The van der Waals surface area contributed by atoms with Crippen molar-refractivity contribution in [2.75, 3.05) is 17.7 Å². The number of nitrogens with one attached hydrogen (secondary N) is 2. The van der Waals surface area contributed by atoms with E-state index in [-0.39, 0.29) is 5.91 Å². The van der Waals surface area contributed by atoms with Gasteiger partial charge in [0.15, 0.2) is 0 Å². The van der Waals surface area contributed by atoms with Gasteiger partial charge in [-0.1, -0.05) is 33.6 Å². The Bertz CT molecular complexity index is 978. The summed E-state index contributed by atoms with van der Waals surface area (Å²) in [6, 6.07) is 13.3. The first-order valence-corrected chi connectivity index (χ1v) is 9.07. The van der Waals surface area contributed by atoms with Crippen molar-refractivity contribution in [3.63, 3.8) is 0 Å². The van der Waals surface area contributed by atoms with Crippen molar-refractivity contribution in [3.8, 4) is 5.75 Å². The Labute approximate surface area is 164 Å². The van der Waals surface area contributed by atoms with Crippen molar-refractivity contribution in [2.24, 2.45) is 0 Å².